The van der Waals surface area contributed by atoms with Crippen molar-refractivity contribution in [2.24, 2.45) is 7.05 Å². The van der Waals surface area contributed by atoms with Gasteiger partial charge in [0.15, 0.2) is 0 Å². The van der Waals surface area contributed by atoms with E-state index in [1.807, 2.05) is 43.3 Å². The predicted octanol–water partition coefficient (Wildman–Crippen LogP) is 1.87. The van der Waals surface area contributed by atoms with E-state index in [0.29, 0.717) is 12.1 Å². The van der Waals surface area contributed by atoms with Crippen LogP contribution in [0.5, 0.6) is 0 Å². The quantitative estimate of drug-likeness (QED) is 0.731. The van der Waals surface area contributed by atoms with Gasteiger partial charge < -0.3 is 4.90 Å². The summed E-state index contributed by atoms with van der Waals surface area (Å²) in [4.78, 5) is 10.8. The highest BCUT2D eigenvalue weighted by Gasteiger charge is 2.11. The fourth-order valence-electron chi connectivity index (χ4n) is 2.21. The molecule has 0 N–H and O–H groups in total. The zero-order valence-corrected chi connectivity index (χ0v) is 11.9. The number of para-hydroxylation sites is 1. The van der Waals surface area contributed by atoms with E-state index in [2.05, 4.69) is 21.1 Å². The van der Waals surface area contributed by atoms with Gasteiger partial charge in [-0.2, -0.15) is 10.4 Å². The van der Waals surface area contributed by atoms with Crippen LogP contribution < -0.4 is 4.90 Å². The van der Waals surface area contributed by atoms with E-state index in [1.54, 1.807) is 10.7 Å². The second-order valence-corrected chi connectivity index (χ2v) is 4.81. The number of aromatic nitrogens is 4. The summed E-state index contributed by atoms with van der Waals surface area (Å²) in [5.41, 5.74) is 1.44. The molecule has 2 heterocycles. The summed E-state index contributed by atoms with van der Waals surface area (Å²) >= 11 is 0. The molecule has 3 rings (SSSR count). The fraction of sp³-hybridized carbons (Fsp3) is 0.200. The third-order valence-corrected chi connectivity index (χ3v) is 3.40. The first kappa shape index (κ1) is 13.1. The van der Waals surface area contributed by atoms with Crippen LogP contribution in [0.2, 0.25) is 0 Å². The molecule has 0 spiro atoms. The summed E-state index contributed by atoms with van der Waals surface area (Å²) in [6, 6.07) is 11.7. The summed E-state index contributed by atoms with van der Waals surface area (Å²) in [7, 11) is 3.78. The maximum atomic E-state index is 9.32. The van der Waals surface area contributed by atoms with E-state index in [9.17, 15) is 5.26 Å². The van der Waals surface area contributed by atoms with Crippen molar-refractivity contribution in [3.63, 3.8) is 0 Å². The lowest BCUT2D eigenvalue weighted by Crippen LogP contribution is -2.20. The van der Waals surface area contributed by atoms with Gasteiger partial charge in [0.05, 0.1) is 23.7 Å². The molecule has 0 saturated heterocycles. The van der Waals surface area contributed by atoms with Crippen LogP contribution in [0.25, 0.3) is 10.9 Å². The summed E-state index contributed by atoms with van der Waals surface area (Å²) < 4.78 is 1.72. The lowest BCUT2D eigenvalue weighted by molar-refractivity contribution is 0.686. The third kappa shape index (κ3) is 2.41. The summed E-state index contributed by atoms with van der Waals surface area (Å²) in [5.74, 6) is 1.58. The molecule has 0 aliphatic carbocycles. The number of fused-ring (bicyclic) bond motifs is 1. The summed E-state index contributed by atoms with van der Waals surface area (Å²) in [6.45, 7) is 0.576. The average molecular weight is 278 g/mol. The summed E-state index contributed by atoms with van der Waals surface area (Å²) in [6.07, 6.45) is 1.53. The van der Waals surface area contributed by atoms with Gasteiger partial charge in [-0.15, -0.1) is 0 Å². The van der Waals surface area contributed by atoms with E-state index in [4.69, 9.17) is 0 Å². The SMILES string of the molecule is CN(Cc1ncnn1C)c1cc(C#N)c2ccccc2n1. The number of hydrogen-bond donors (Lipinski definition) is 0. The number of nitriles is 1. The Balaban J connectivity index is 2.00. The maximum absolute atomic E-state index is 9.32. The van der Waals surface area contributed by atoms with Crippen molar-refractivity contribution in [2.75, 3.05) is 11.9 Å². The zero-order valence-electron chi connectivity index (χ0n) is 11.9. The Morgan fingerprint density at radius 2 is 2.14 bits per heavy atom. The number of benzene rings is 1. The number of hydrogen-bond acceptors (Lipinski definition) is 5. The molecule has 104 valence electrons. The highest BCUT2D eigenvalue weighted by Crippen LogP contribution is 2.22. The number of aryl methyl sites for hydroxylation is 1. The van der Waals surface area contributed by atoms with Gasteiger partial charge in [-0.25, -0.2) is 9.97 Å². The molecular weight excluding hydrogens is 264 g/mol. The molecule has 0 unspecified atom stereocenters. The Morgan fingerprint density at radius 1 is 1.33 bits per heavy atom. The van der Waals surface area contributed by atoms with E-state index in [0.717, 1.165) is 22.5 Å². The predicted molar refractivity (Wildman–Crippen MR) is 79.6 cm³/mol. The monoisotopic (exact) mass is 278 g/mol. The molecule has 1 aromatic carbocycles. The van der Waals surface area contributed by atoms with Crippen molar-refractivity contribution in [2.45, 2.75) is 6.54 Å². The topological polar surface area (TPSA) is 70.6 Å². The second kappa shape index (κ2) is 5.21. The first-order valence-electron chi connectivity index (χ1n) is 6.53. The van der Waals surface area contributed by atoms with E-state index in [-0.39, 0.29) is 0 Å². The lowest BCUT2D eigenvalue weighted by Gasteiger charge is -2.18. The molecule has 0 radical (unpaired) electrons. The highest BCUT2D eigenvalue weighted by atomic mass is 15.3. The normalized spacial score (nSPS) is 10.5. The van der Waals surface area contributed by atoms with Crippen molar-refractivity contribution in [3.8, 4) is 6.07 Å². The van der Waals surface area contributed by atoms with Gasteiger partial charge in [-0.05, 0) is 12.1 Å². The van der Waals surface area contributed by atoms with Crippen LogP contribution in [-0.2, 0) is 13.6 Å². The lowest BCUT2D eigenvalue weighted by atomic mass is 10.1. The number of rotatable bonds is 3. The van der Waals surface area contributed by atoms with Gasteiger partial charge in [0.1, 0.15) is 18.0 Å². The standard InChI is InChI=1S/C15H14N6/c1-20(9-15-17-10-18-21(15)2)14-7-11(8-16)12-5-3-4-6-13(12)19-14/h3-7,10H,9H2,1-2H3. The van der Waals surface area contributed by atoms with Gasteiger partial charge in [0.2, 0.25) is 0 Å². The molecule has 21 heavy (non-hydrogen) atoms. The molecule has 0 atom stereocenters. The smallest absolute Gasteiger partial charge is 0.146 e. The Kier molecular flexibility index (Phi) is 3.24. The molecule has 6 heteroatoms. The van der Waals surface area contributed by atoms with Gasteiger partial charge in [0.25, 0.3) is 0 Å². The Labute approximate surface area is 122 Å². The zero-order chi connectivity index (χ0) is 14.8. The Morgan fingerprint density at radius 3 is 2.86 bits per heavy atom. The van der Waals surface area contributed by atoms with Crippen LogP contribution in [-0.4, -0.2) is 26.8 Å². The molecule has 0 saturated carbocycles. The fourth-order valence-corrected chi connectivity index (χ4v) is 2.21. The highest BCUT2D eigenvalue weighted by molar-refractivity contribution is 5.86. The second-order valence-electron chi connectivity index (χ2n) is 4.81. The maximum Gasteiger partial charge on any atom is 0.146 e. The summed E-state index contributed by atoms with van der Waals surface area (Å²) in [5, 5.41) is 14.2. The number of nitrogens with zero attached hydrogens (tertiary/aromatic N) is 6. The van der Waals surface area contributed by atoms with Crippen LogP contribution in [0.4, 0.5) is 5.82 Å². The average Bonchev–Trinajstić information content (AvgIpc) is 2.91. The van der Waals surface area contributed by atoms with Gasteiger partial charge in [-0.1, -0.05) is 18.2 Å². The molecule has 2 aromatic heterocycles. The Hall–Kier alpha value is -2.94. The molecular formula is C15H14N6. The number of pyridine rings is 1. The van der Waals surface area contributed by atoms with Crippen LogP contribution in [0.1, 0.15) is 11.4 Å². The first-order chi connectivity index (χ1) is 10.2. The van der Waals surface area contributed by atoms with Crippen LogP contribution in [0.15, 0.2) is 36.7 Å². The van der Waals surface area contributed by atoms with E-state index in [1.165, 1.54) is 6.33 Å². The minimum atomic E-state index is 0.576. The van der Waals surface area contributed by atoms with Crippen molar-refractivity contribution in [1.29, 1.82) is 5.26 Å². The van der Waals surface area contributed by atoms with Gasteiger partial charge in [-0.3, -0.25) is 4.68 Å². The van der Waals surface area contributed by atoms with Crippen molar-refractivity contribution in [3.05, 3.63) is 48.0 Å². The van der Waals surface area contributed by atoms with Crippen LogP contribution >= 0.6 is 0 Å². The van der Waals surface area contributed by atoms with Crippen molar-refractivity contribution >= 4 is 16.7 Å². The molecule has 3 aromatic rings. The van der Waals surface area contributed by atoms with Crippen LogP contribution in [0, 0.1) is 11.3 Å². The minimum Gasteiger partial charge on any atom is -0.352 e. The van der Waals surface area contributed by atoms with Gasteiger partial charge in [0, 0.05) is 19.5 Å². The minimum absolute atomic E-state index is 0.576. The third-order valence-electron chi connectivity index (χ3n) is 3.40. The first-order valence-corrected chi connectivity index (χ1v) is 6.53. The van der Waals surface area contributed by atoms with E-state index >= 15 is 0 Å². The molecule has 6 nitrogen and oxygen atoms in total. The van der Waals surface area contributed by atoms with Crippen molar-refractivity contribution in [1.82, 2.24) is 19.7 Å². The molecule has 0 aliphatic rings. The van der Waals surface area contributed by atoms with Crippen molar-refractivity contribution < 1.29 is 0 Å². The molecule has 0 bridgehead atoms. The Bertz CT molecular complexity index is 830. The molecule has 0 aliphatic heterocycles. The molecule has 0 amide bonds. The largest absolute Gasteiger partial charge is 0.352 e. The van der Waals surface area contributed by atoms with Crippen LogP contribution in [0.3, 0.4) is 0 Å². The van der Waals surface area contributed by atoms with Gasteiger partial charge >= 0.3 is 0 Å². The molecule has 0 fully saturated rings. The number of anilines is 1. The van der Waals surface area contributed by atoms with E-state index < -0.39 is 0 Å².